The third-order valence-electron chi connectivity index (χ3n) is 3.93. The molecule has 1 N–H and O–H groups in total. The molecule has 1 unspecified atom stereocenters. The number of ether oxygens (including phenoxy) is 1. The van der Waals surface area contributed by atoms with Crippen molar-refractivity contribution in [1.82, 2.24) is 5.32 Å². The van der Waals surface area contributed by atoms with Crippen LogP contribution in [0.15, 0.2) is 0 Å². The van der Waals surface area contributed by atoms with Gasteiger partial charge in [0.05, 0.1) is 6.10 Å². The molecule has 0 aromatic carbocycles. The van der Waals surface area contributed by atoms with Gasteiger partial charge in [0.2, 0.25) is 0 Å². The van der Waals surface area contributed by atoms with E-state index >= 15 is 0 Å². The molecule has 0 aromatic heterocycles. The molecule has 15 heavy (non-hydrogen) atoms. The van der Waals surface area contributed by atoms with E-state index in [0.717, 1.165) is 19.7 Å². The van der Waals surface area contributed by atoms with Gasteiger partial charge in [0.15, 0.2) is 0 Å². The summed E-state index contributed by atoms with van der Waals surface area (Å²) in [5, 5.41) is 3.51. The van der Waals surface area contributed by atoms with Crippen molar-refractivity contribution in [3.05, 3.63) is 0 Å². The van der Waals surface area contributed by atoms with Crippen LogP contribution in [0.1, 0.15) is 52.9 Å². The van der Waals surface area contributed by atoms with E-state index in [0.29, 0.717) is 11.5 Å². The van der Waals surface area contributed by atoms with E-state index in [1.165, 1.54) is 32.1 Å². The normalized spacial score (nSPS) is 22.2. The summed E-state index contributed by atoms with van der Waals surface area (Å²) < 4.78 is 5.76. The Labute approximate surface area is 94.8 Å². The summed E-state index contributed by atoms with van der Waals surface area (Å²) in [5.74, 6) is 0. The van der Waals surface area contributed by atoms with E-state index in [1.807, 2.05) is 0 Å². The van der Waals surface area contributed by atoms with E-state index in [1.54, 1.807) is 0 Å². The zero-order valence-electron chi connectivity index (χ0n) is 10.6. The molecule has 1 atom stereocenters. The van der Waals surface area contributed by atoms with Gasteiger partial charge in [-0.05, 0) is 44.1 Å². The van der Waals surface area contributed by atoms with Crippen molar-refractivity contribution >= 4 is 0 Å². The minimum absolute atomic E-state index is 0.463. The van der Waals surface area contributed by atoms with E-state index in [2.05, 4.69) is 26.1 Å². The molecule has 2 heteroatoms. The lowest BCUT2D eigenvalue weighted by Crippen LogP contribution is -2.36. The van der Waals surface area contributed by atoms with E-state index in [9.17, 15) is 0 Å². The van der Waals surface area contributed by atoms with E-state index < -0.39 is 0 Å². The molecular weight excluding hydrogens is 186 g/mol. The number of nitrogens with one attached hydrogen (secondary N) is 1. The Morgan fingerprint density at radius 1 is 1.27 bits per heavy atom. The average Bonchev–Trinajstić information content (AvgIpc) is 2.77. The van der Waals surface area contributed by atoms with Crippen LogP contribution in [0, 0.1) is 5.41 Å². The topological polar surface area (TPSA) is 21.3 Å². The van der Waals surface area contributed by atoms with Crippen molar-refractivity contribution in [1.29, 1.82) is 0 Å². The first-order valence-corrected chi connectivity index (χ1v) is 6.58. The third-order valence-corrected chi connectivity index (χ3v) is 3.93. The number of hydrogen-bond acceptors (Lipinski definition) is 2. The number of hydrogen-bond donors (Lipinski definition) is 1. The van der Waals surface area contributed by atoms with Crippen LogP contribution in [0.2, 0.25) is 0 Å². The Morgan fingerprint density at radius 2 is 2.00 bits per heavy atom. The maximum absolute atomic E-state index is 5.76. The Hall–Kier alpha value is -0.0800. The lowest BCUT2D eigenvalue weighted by atomic mass is 9.77. The molecule has 1 fully saturated rings. The van der Waals surface area contributed by atoms with Crippen molar-refractivity contribution in [2.75, 3.05) is 19.7 Å². The van der Waals surface area contributed by atoms with Crippen LogP contribution in [-0.2, 0) is 4.74 Å². The smallest absolute Gasteiger partial charge is 0.0581 e. The van der Waals surface area contributed by atoms with Crippen LogP contribution in [0.4, 0.5) is 0 Å². The molecule has 0 bridgehead atoms. The molecule has 0 aliphatic carbocycles. The standard InChI is InChI=1S/C13H27NO/c1-4-13(5-2,11-14-6-3)10-12-8-7-9-15-12/h12,14H,4-11H2,1-3H3. The van der Waals surface area contributed by atoms with Crippen LogP contribution in [0.3, 0.4) is 0 Å². The molecule has 1 aliphatic heterocycles. The van der Waals surface area contributed by atoms with Gasteiger partial charge in [0.1, 0.15) is 0 Å². The van der Waals surface area contributed by atoms with Crippen LogP contribution < -0.4 is 5.32 Å². The fourth-order valence-corrected chi connectivity index (χ4v) is 2.54. The van der Waals surface area contributed by atoms with Gasteiger partial charge in [-0.2, -0.15) is 0 Å². The Balaban J connectivity index is 2.45. The van der Waals surface area contributed by atoms with Gasteiger partial charge in [-0.3, -0.25) is 0 Å². The average molecular weight is 213 g/mol. The second-order valence-electron chi connectivity index (χ2n) is 4.83. The van der Waals surface area contributed by atoms with Gasteiger partial charge in [0, 0.05) is 13.2 Å². The molecule has 1 aliphatic rings. The SMILES string of the molecule is CCNCC(CC)(CC)CC1CCCO1. The lowest BCUT2D eigenvalue weighted by Gasteiger charge is -2.34. The lowest BCUT2D eigenvalue weighted by molar-refractivity contribution is 0.0563. The molecule has 0 aromatic rings. The Bertz CT molecular complexity index is 160. The molecule has 90 valence electrons. The first kappa shape index (κ1) is 13.0. The van der Waals surface area contributed by atoms with Crippen molar-refractivity contribution < 1.29 is 4.74 Å². The first-order valence-electron chi connectivity index (χ1n) is 6.58. The molecule has 2 nitrogen and oxygen atoms in total. The summed E-state index contributed by atoms with van der Waals surface area (Å²) >= 11 is 0. The fraction of sp³-hybridized carbons (Fsp3) is 1.00. The second kappa shape index (κ2) is 6.49. The van der Waals surface area contributed by atoms with Gasteiger partial charge in [0.25, 0.3) is 0 Å². The molecular formula is C13H27NO. The Kier molecular flexibility index (Phi) is 5.62. The van der Waals surface area contributed by atoms with Crippen LogP contribution in [-0.4, -0.2) is 25.8 Å². The summed E-state index contributed by atoms with van der Waals surface area (Å²) in [6.07, 6.45) is 6.83. The van der Waals surface area contributed by atoms with Crippen molar-refractivity contribution in [2.24, 2.45) is 5.41 Å². The van der Waals surface area contributed by atoms with Gasteiger partial charge in [-0.15, -0.1) is 0 Å². The zero-order valence-corrected chi connectivity index (χ0v) is 10.6. The maximum atomic E-state index is 5.76. The summed E-state index contributed by atoms with van der Waals surface area (Å²) in [7, 11) is 0. The molecule has 0 radical (unpaired) electrons. The summed E-state index contributed by atoms with van der Waals surface area (Å²) in [5.41, 5.74) is 0.463. The molecule has 1 rings (SSSR count). The number of rotatable bonds is 7. The highest BCUT2D eigenvalue weighted by Gasteiger charge is 2.31. The van der Waals surface area contributed by atoms with Crippen LogP contribution in [0.25, 0.3) is 0 Å². The van der Waals surface area contributed by atoms with Gasteiger partial charge in [-0.25, -0.2) is 0 Å². The second-order valence-corrected chi connectivity index (χ2v) is 4.83. The zero-order chi connectivity index (χ0) is 11.1. The minimum atomic E-state index is 0.463. The molecule has 0 amide bonds. The monoisotopic (exact) mass is 213 g/mol. The fourth-order valence-electron chi connectivity index (χ4n) is 2.54. The van der Waals surface area contributed by atoms with Gasteiger partial charge >= 0.3 is 0 Å². The van der Waals surface area contributed by atoms with Crippen molar-refractivity contribution in [3.8, 4) is 0 Å². The molecule has 0 saturated carbocycles. The highest BCUT2D eigenvalue weighted by Crippen LogP contribution is 2.34. The highest BCUT2D eigenvalue weighted by atomic mass is 16.5. The predicted octanol–water partition coefficient (Wildman–Crippen LogP) is 2.97. The van der Waals surface area contributed by atoms with Crippen LogP contribution in [0.5, 0.6) is 0 Å². The van der Waals surface area contributed by atoms with Crippen molar-refractivity contribution in [2.45, 2.75) is 59.0 Å². The summed E-state index contributed by atoms with van der Waals surface area (Å²) in [6, 6.07) is 0. The Morgan fingerprint density at radius 3 is 2.47 bits per heavy atom. The van der Waals surface area contributed by atoms with Gasteiger partial charge in [-0.1, -0.05) is 20.8 Å². The third kappa shape index (κ3) is 3.76. The summed E-state index contributed by atoms with van der Waals surface area (Å²) in [4.78, 5) is 0. The highest BCUT2D eigenvalue weighted by molar-refractivity contribution is 4.83. The van der Waals surface area contributed by atoms with E-state index in [4.69, 9.17) is 4.74 Å². The molecule has 0 spiro atoms. The van der Waals surface area contributed by atoms with Crippen molar-refractivity contribution in [3.63, 3.8) is 0 Å². The minimum Gasteiger partial charge on any atom is -0.378 e. The largest absolute Gasteiger partial charge is 0.378 e. The van der Waals surface area contributed by atoms with E-state index in [-0.39, 0.29) is 0 Å². The molecule has 1 heterocycles. The summed E-state index contributed by atoms with van der Waals surface area (Å²) in [6.45, 7) is 10.0. The van der Waals surface area contributed by atoms with Crippen LogP contribution >= 0.6 is 0 Å². The first-order chi connectivity index (χ1) is 7.26. The predicted molar refractivity (Wildman–Crippen MR) is 65.1 cm³/mol. The molecule has 1 saturated heterocycles. The van der Waals surface area contributed by atoms with Gasteiger partial charge < -0.3 is 10.1 Å². The maximum Gasteiger partial charge on any atom is 0.0581 e. The quantitative estimate of drug-likeness (QED) is 0.702.